The van der Waals surface area contributed by atoms with Gasteiger partial charge in [-0.05, 0) is 55.9 Å². The number of amides is 3. The minimum Gasteiger partial charge on any atom is -0.356 e. The number of fused-ring (bicyclic) bond motifs is 1. The second-order valence-corrected chi connectivity index (χ2v) is 8.38. The summed E-state index contributed by atoms with van der Waals surface area (Å²) in [7, 11) is 0. The van der Waals surface area contributed by atoms with E-state index in [9.17, 15) is 14.4 Å². The maximum atomic E-state index is 12.9. The average Bonchev–Trinajstić information content (AvgIpc) is 3.51. The lowest BCUT2D eigenvalue weighted by Crippen LogP contribution is -2.26. The topological polar surface area (TPSA) is 91.4 Å². The molecule has 0 atom stereocenters. The first-order valence-electron chi connectivity index (χ1n) is 10.9. The zero-order valence-electron chi connectivity index (χ0n) is 18.0. The van der Waals surface area contributed by atoms with Crippen LogP contribution in [0.2, 0.25) is 0 Å². The van der Waals surface area contributed by atoms with E-state index in [4.69, 9.17) is 0 Å². The van der Waals surface area contributed by atoms with Crippen molar-refractivity contribution in [3.63, 3.8) is 0 Å². The highest BCUT2D eigenvalue weighted by atomic mass is 16.2. The Hall–Kier alpha value is -3.22. The summed E-state index contributed by atoms with van der Waals surface area (Å²) < 4.78 is 0. The van der Waals surface area contributed by atoms with Gasteiger partial charge in [-0.3, -0.25) is 19.4 Å². The van der Waals surface area contributed by atoms with Crippen LogP contribution < -0.4 is 10.6 Å². The number of aryl methyl sites for hydroxylation is 1. The molecule has 4 rings (SSSR count). The maximum absolute atomic E-state index is 12.9. The van der Waals surface area contributed by atoms with Crippen LogP contribution in [0, 0.1) is 12.8 Å². The molecule has 7 heteroatoms. The Morgan fingerprint density at radius 2 is 2.00 bits per heavy atom. The number of aromatic nitrogens is 1. The molecule has 1 aromatic carbocycles. The number of benzene rings is 1. The Morgan fingerprint density at radius 1 is 1.19 bits per heavy atom. The molecule has 2 N–H and O–H groups in total. The van der Waals surface area contributed by atoms with E-state index in [-0.39, 0.29) is 24.1 Å². The Morgan fingerprint density at radius 3 is 2.71 bits per heavy atom. The van der Waals surface area contributed by atoms with Crippen molar-refractivity contribution < 1.29 is 14.4 Å². The van der Waals surface area contributed by atoms with Gasteiger partial charge < -0.3 is 15.5 Å². The number of pyridine rings is 1. The molecule has 3 amide bonds. The number of hydrogen-bond acceptors (Lipinski definition) is 4. The molecule has 2 aromatic rings. The highest BCUT2D eigenvalue weighted by molar-refractivity contribution is 5.99. The van der Waals surface area contributed by atoms with Crippen LogP contribution in [0.5, 0.6) is 0 Å². The van der Waals surface area contributed by atoms with Crippen LogP contribution in [0.15, 0.2) is 30.5 Å². The first kappa shape index (κ1) is 21.0. The second kappa shape index (κ2) is 8.88. The highest BCUT2D eigenvalue weighted by Crippen LogP contribution is 2.28. The van der Waals surface area contributed by atoms with Gasteiger partial charge in [0.1, 0.15) is 0 Å². The van der Waals surface area contributed by atoms with Gasteiger partial charge >= 0.3 is 0 Å². The van der Waals surface area contributed by atoms with E-state index in [1.54, 1.807) is 17.2 Å². The number of carbonyl (C=O) groups excluding carboxylic acids is 3. The van der Waals surface area contributed by atoms with Gasteiger partial charge in [0.2, 0.25) is 5.91 Å². The molecule has 0 unspecified atom stereocenters. The summed E-state index contributed by atoms with van der Waals surface area (Å²) >= 11 is 0. The van der Waals surface area contributed by atoms with E-state index >= 15 is 0 Å². The molecule has 0 radical (unpaired) electrons. The van der Waals surface area contributed by atoms with Crippen LogP contribution in [-0.4, -0.2) is 40.7 Å². The van der Waals surface area contributed by atoms with Crippen LogP contribution in [0.4, 0.5) is 0 Å². The van der Waals surface area contributed by atoms with Gasteiger partial charge in [-0.1, -0.05) is 12.1 Å². The molecule has 0 bridgehead atoms. The molecule has 2 aliphatic rings. The second-order valence-electron chi connectivity index (χ2n) is 8.38. The largest absolute Gasteiger partial charge is 0.356 e. The molecule has 31 heavy (non-hydrogen) atoms. The van der Waals surface area contributed by atoms with Crippen molar-refractivity contribution >= 4 is 17.7 Å². The highest BCUT2D eigenvalue weighted by Gasteiger charge is 2.30. The van der Waals surface area contributed by atoms with Crippen molar-refractivity contribution in [3.05, 3.63) is 64.0 Å². The summed E-state index contributed by atoms with van der Waals surface area (Å²) in [5.74, 6) is 0.444. The normalized spacial score (nSPS) is 15.0. The maximum Gasteiger partial charge on any atom is 0.254 e. The number of nitrogens with one attached hydrogen (secondary N) is 2. The third-order valence-electron chi connectivity index (χ3n) is 5.87. The standard InChI is InChI=1S/C24H28N4O3/c1-3-25-22(29)11-21-20-14-28(24(31)19(20)8-9-26-21)13-17-6-7-18(15(2)10-17)23(30)27-12-16-4-5-16/h6-10,16H,3-5,11-14H2,1-2H3,(H,25,29)(H,27,30). The molecule has 162 valence electrons. The Bertz CT molecular complexity index is 1030. The predicted molar refractivity (Wildman–Crippen MR) is 116 cm³/mol. The van der Waals surface area contributed by atoms with Crippen LogP contribution in [-0.2, 0) is 24.3 Å². The van der Waals surface area contributed by atoms with Gasteiger partial charge in [0.05, 0.1) is 12.1 Å². The summed E-state index contributed by atoms with van der Waals surface area (Å²) in [5.41, 5.74) is 4.63. The molecule has 1 aliphatic heterocycles. The SMILES string of the molecule is CCNC(=O)Cc1nccc2c1CN(Cc1ccc(C(=O)NCC3CC3)c(C)c1)C2=O. The quantitative estimate of drug-likeness (QED) is 0.686. The molecule has 2 heterocycles. The van der Waals surface area contributed by atoms with Crippen molar-refractivity contribution in [2.24, 2.45) is 5.92 Å². The Balaban J connectivity index is 1.44. The molecule has 0 saturated heterocycles. The average molecular weight is 421 g/mol. The van der Waals surface area contributed by atoms with Gasteiger partial charge in [0, 0.05) is 49.1 Å². The number of rotatable bonds is 8. The molecular weight excluding hydrogens is 392 g/mol. The predicted octanol–water partition coefficient (Wildman–Crippen LogP) is 2.36. The van der Waals surface area contributed by atoms with E-state index in [0.29, 0.717) is 42.4 Å². The summed E-state index contributed by atoms with van der Waals surface area (Å²) in [6.07, 6.45) is 4.16. The van der Waals surface area contributed by atoms with Crippen LogP contribution >= 0.6 is 0 Å². The zero-order valence-corrected chi connectivity index (χ0v) is 18.0. The Labute approximate surface area is 182 Å². The van der Waals surface area contributed by atoms with Gasteiger partial charge in [-0.15, -0.1) is 0 Å². The van der Waals surface area contributed by atoms with E-state index in [0.717, 1.165) is 23.2 Å². The van der Waals surface area contributed by atoms with E-state index < -0.39 is 0 Å². The molecule has 1 fully saturated rings. The van der Waals surface area contributed by atoms with Crippen LogP contribution in [0.25, 0.3) is 0 Å². The monoisotopic (exact) mass is 420 g/mol. The van der Waals surface area contributed by atoms with Crippen LogP contribution in [0.3, 0.4) is 0 Å². The molecule has 1 saturated carbocycles. The van der Waals surface area contributed by atoms with Crippen molar-refractivity contribution in [2.75, 3.05) is 13.1 Å². The lowest BCUT2D eigenvalue weighted by atomic mass is 10.0. The summed E-state index contributed by atoms with van der Waals surface area (Å²) in [6, 6.07) is 7.43. The summed E-state index contributed by atoms with van der Waals surface area (Å²) in [5, 5.41) is 5.78. The minimum absolute atomic E-state index is 0.0401. The molecule has 0 spiro atoms. The minimum atomic E-state index is -0.0968. The summed E-state index contributed by atoms with van der Waals surface area (Å²) in [4.78, 5) is 43.4. The van der Waals surface area contributed by atoms with E-state index in [1.807, 2.05) is 32.0 Å². The molecule has 7 nitrogen and oxygen atoms in total. The van der Waals surface area contributed by atoms with Gasteiger partial charge in [0.15, 0.2) is 0 Å². The van der Waals surface area contributed by atoms with Crippen molar-refractivity contribution in [1.82, 2.24) is 20.5 Å². The smallest absolute Gasteiger partial charge is 0.254 e. The van der Waals surface area contributed by atoms with Crippen molar-refractivity contribution in [3.8, 4) is 0 Å². The fourth-order valence-corrected chi connectivity index (χ4v) is 3.99. The lowest BCUT2D eigenvalue weighted by molar-refractivity contribution is -0.120. The number of hydrogen-bond donors (Lipinski definition) is 2. The van der Waals surface area contributed by atoms with E-state index in [2.05, 4.69) is 15.6 Å². The molecular formula is C24H28N4O3. The number of carbonyl (C=O) groups is 3. The van der Waals surface area contributed by atoms with Crippen molar-refractivity contribution in [1.29, 1.82) is 0 Å². The molecule has 1 aromatic heterocycles. The van der Waals surface area contributed by atoms with Crippen molar-refractivity contribution in [2.45, 2.75) is 46.2 Å². The summed E-state index contributed by atoms with van der Waals surface area (Å²) in [6.45, 7) is 5.97. The fraction of sp³-hybridized carbons (Fsp3) is 0.417. The zero-order chi connectivity index (χ0) is 22.0. The lowest BCUT2D eigenvalue weighted by Gasteiger charge is -2.17. The van der Waals surface area contributed by atoms with Gasteiger partial charge in [0.25, 0.3) is 11.8 Å². The number of nitrogens with zero attached hydrogens (tertiary/aromatic N) is 2. The first-order valence-corrected chi connectivity index (χ1v) is 10.9. The number of likely N-dealkylation sites (N-methyl/N-ethyl adjacent to an activating group) is 1. The van der Waals surface area contributed by atoms with Crippen LogP contribution in [0.1, 0.15) is 62.9 Å². The fourth-order valence-electron chi connectivity index (χ4n) is 3.99. The van der Waals surface area contributed by atoms with E-state index in [1.165, 1.54) is 12.8 Å². The first-order chi connectivity index (χ1) is 15.0. The van der Waals surface area contributed by atoms with Gasteiger partial charge in [-0.25, -0.2) is 0 Å². The van der Waals surface area contributed by atoms with Gasteiger partial charge in [-0.2, -0.15) is 0 Å². The third kappa shape index (κ3) is 4.76. The Kier molecular flexibility index (Phi) is 6.02. The third-order valence-corrected chi connectivity index (χ3v) is 5.87. The molecule has 1 aliphatic carbocycles.